The van der Waals surface area contributed by atoms with E-state index in [0.717, 1.165) is 5.56 Å². The number of benzene rings is 1. The second-order valence-corrected chi connectivity index (χ2v) is 4.43. The van der Waals surface area contributed by atoms with Crippen molar-refractivity contribution in [3.05, 3.63) is 17.7 Å². The van der Waals surface area contributed by atoms with Crippen LogP contribution in [-0.2, 0) is 11.2 Å². The van der Waals surface area contributed by atoms with Gasteiger partial charge in [0.05, 0.1) is 21.3 Å². The Balaban J connectivity index is 2.87. The van der Waals surface area contributed by atoms with Crippen molar-refractivity contribution in [3.8, 4) is 17.2 Å². The van der Waals surface area contributed by atoms with Crippen molar-refractivity contribution in [2.75, 3.05) is 21.3 Å². The van der Waals surface area contributed by atoms with Gasteiger partial charge in [0.25, 0.3) is 0 Å². The summed E-state index contributed by atoms with van der Waals surface area (Å²) in [6.07, 6.45) is 1.03. The summed E-state index contributed by atoms with van der Waals surface area (Å²) in [6.45, 7) is 0. The third kappa shape index (κ3) is 4.31. The van der Waals surface area contributed by atoms with Crippen molar-refractivity contribution in [2.24, 2.45) is 5.73 Å². The summed E-state index contributed by atoms with van der Waals surface area (Å²) < 4.78 is 15.8. The molecule has 112 valence electrons. The van der Waals surface area contributed by atoms with Gasteiger partial charge in [-0.3, -0.25) is 4.79 Å². The summed E-state index contributed by atoms with van der Waals surface area (Å²) in [6, 6.07) is 3.41. The van der Waals surface area contributed by atoms with Crippen LogP contribution in [0.25, 0.3) is 0 Å². The van der Waals surface area contributed by atoms with Crippen LogP contribution in [0.2, 0.25) is 0 Å². The van der Waals surface area contributed by atoms with Gasteiger partial charge in [0.1, 0.15) is 0 Å². The molecule has 1 aromatic rings. The van der Waals surface area contributed by atoms with Gasteiger partial charge in [0.2, 0.25) is 5.75 Å². The fourth-order valence-corrected chi connectivity index (χ4v) is 1.97. The molecular formula is C14H21NO5. The highest BCUT2D eigenvalue weighted by Crippen LogP contribution is 2.38. The molecule has 3 N–H and O–H groups in total. The molecule has 0 aliphatic heterocycles. The average Bonchev–Trinajstić information content (AvgIpc) is 2.43. The molecule has 0 aliphatic carbocycles. The van der Waals surface area contributed by atoms with Crippen molar-refractivity contribution in [1.29, 1.82) is 0 Å². The molecule has 0 aromatic heterocycles. The number of methoxy groups -OCH3 is 3. The second-order valence-electron chi connectivity index (χ2n) is 4.43. The Labute approximate surface area is 118 Å². The van der Waals surface area contributed by atoms with E-state index in [0.29, 0.717) is 30.1 Å². The standard InChI is InChI=1S/C14H21NO5/c1-18-11-7-9(6-10(15)4-5-13(16)17)8-12(19-2)14(11)20-3/h7-8,10H,4-6,15H2,1-3H3,(H,16,17). The zero-order valence-electron chi connectivity index (χ0n) is 12.0. The minimum absolute atomic E-state index is 0.0611. The highest BCUT2D eigenvalue weighted by Gasteiger charge is 2.15. The van der Waals surface area contributed by atoms with E-state index in [-0.39, 0.29) is 12.5 Å². The molecule has 6 nitrogen and oxygen atoms in total. The fourth-order valence-electron chi connectivity index (χ4n) is 1.97. The zero-order chi connectivity index (χ0) is 15.1. The molecule has 0 aliphatic rings. The first-order valence-corrected chi connectivity index (χ1v) is 6.28. The number of hydrogen-bond donors (Lipinski definition) is 2. The van der Waals surface area contributed by atoms with Crippen LogP contribution in [0, 0.1) is 0 Å². The van der Waals surface area contributed by atoms with Crippen molar-refractivity contribution in [1.82, 2.24) is 0 Å². The van der Waals surface area contributed by atoms with E-state index in [1.165, 1.54) is 0 Å². The minimum atomic E-state index is -0.842. The van der Waals surface area contributed by atoms with Gasteiger partial charge in [-0.15, -0.1) is 0 Å². The number of nitrogens with two attached hydrogens (primary N) is 1. The van der Waals surface area contributed by atoms with Crippen molar-refractivity contribution in [3.63, 3.8) is 0 Å². The van der Waals surface area contributed by atoms with E-state index in [2.05, 4.69) is 0 Å². The largest absolute Gasteiger partial charge is 0.493 e. The molecule has 1 unspecified atom stereocenters. The lowest BCUT2D eigenvalue weighted by Crippen LogP contribution is -2.23. The molecule has 0 heterocycles. The maximum Gasteiger partial charge on any atom is 0.303 e. The van der Waals surface area contributed by atoms with Crippen molar-refractivity contribution < 1.29 is 24.1 Å². The Morgan fingerprint density at radius 1 is 1.20 bits per heavy atom. The Bertz CT molecular complexity index is 436. The topological polar surface area (TPSA) is 91.0 Å². The van der Waals surface area contributed by atoms with Crippen LogP contribution in [0.3, 0.4) is 0 Å². The maximum atomic E-state index is 10.5. The average molecular weight is 283 g/mol. The van der Waals surface area contributed by atoms with E-state index in [1.54, 1.807) is 21.3 Å². The predicted octanol–water partition coefficient (Wildman–Crippen LogP) is 1.45. The summed E-state index contributed by atoms with van der Waals surface area (Å²) >= 11 is 0. The summed E-state index contributed by atoms with van der Waals surface area (Å²) in [7, 11) is 4.63. The molecule has 0 fully saturated rings. The lowest BCUT2D eigenvalue weighted by Gasteiger charge is -2.16. The molecule has 1 atom stereocenters. The van der Waals surface area contributed by atoms with Gasteiger partial charge >= 0.3 is 5.97 Å². The molecule has 0 saturated heterocycles. The Morgan fingerprint density at radius 2 is 1.75 bits per heavy atom. The molecule has 0 amide bonds. The smallest absolute Gasteiger partial charge is 0.303 e. The monoisotopic (exact) mass is 283 g/mol. The van der Waals surface area contributed by atoms with Crippen LogP contribution in [0.1, 0.15) is 18.4 Å². The fraction of sp³-hybridized carbons (Fsp3) is 0.500. The Morgan fingerprint density at radius 3 is 2.15 bits per heavy atom. The highest BCUT2D eigenvalue weighted by atomic mass is 16.5. The van der Waals surface area contributed by atoms with Gasteiger partial charge < -0.3 is 25.1 Å². The molecule has 0 radical (unpaired) electrons. The molecule has 0 bridgehead atoms. The first-order valence-electron chi connectivity index (χ1n) is 6.28. The number of carboxylic acid groups (broad SMARTS) is 1. The van der Waals surface area contributed by atoms with E-state index in [1.807, 2.05) is 12.1 Å². The Hall–Kier alpha value is -1.95. The number of aliphatic carboxylic acids is 1. The number of rotatable bonds is 8. The molecule has 1 aromatic carbocycles. The molecule has 6 heteroatoms. The molecule has 20 heavy (non-hydrogen) atoms. The van der Waals surface area contributed by atoms with Gasteiger partial charge in [-0.2, -0.15) is 0 Å². The number of hydrogen-bond acceptors (Lipinski definition) is 5. The third-order valence-electron chi connectivity index (χ3n) is 2.95. The summed E-state index contributed by atoms with van der Waals surface area (Å²) in [5.74, 6) is 0.808. The summed E-state index contributed by atoms with van der Waals surface area (Å²) in [5.41, 5.74) is 6.85. The number of carboxylic acids is 1. The van der Waals surface area contributed by atoms with E-state index < -0.39 is 5.97 Å². The van der Waals surface area contributed by atoms with Gasteiger partial charge in [-0.25, -0.2) is 0 Å². The summed E-state index contributed by atoms with van der Waals surface area (Å²) in [5, 5.41) is 8.65. The van der Waals surface area contributed by atoms with Crippen LogP contribution in [0.15, 0.2) is 12.1 Å². The minimum Gasteiger partial charge on any atom is -0.493 e. The Kier molecular flexibility index (Phi) is 6.11. The number of carbonyl (C=O) groups is 1. The van der Waals surface area contributed by atoms with Crippen LogP contribution in [0.4, 0.5) is 0 Å². The lowest BCUT2D eigenvalue weighted by molar-refractivity contribution is -0.137. The normalized spacial score (nSPS) is 11.8. The SMILES string of the molecule is COc1cc(CC(N)CCC(=O)O)cc(OC)c1OC. The van der Waals surface area contributed by atoms with Gasteiger partial charge in [-0.1, -0.05) is 0 Å². The first-order chi connectivity index (χ1) is 9.51. The lowest BCUT2D eigenvalue weighted by atomic mass is 10.0. The van der Waals surface area contributed by atoms with Crippen LogP contribution in [0.5, 0.6) is 17.2 Å². The summed E-state index contributed by atoms with van der Waals surface area (Å²) in [4.78, 5) is 10.5. The molecule has 0 saturated carbocycles. The van der Waals surface area contributed by atoms with Crippen molar-refractivity contribution >= 4 is 5.97 Å². The van der Waals surface area contributed by atoms with Gasteiger partial charge in [0, 0.05) is 12.5 Å². The third-order valence-corrected chi connectivity index (χ3v) is 2.95. The zero-order valence-corrected chi connectivity index (χ0v) is 12.0. The van der Waals surface area contributed by atoms with E-state index in [4.69, 9.17) is 25.1 Å². The van der Waals surface area contributed by atoms with Crippen LogP contribution in [-0.4, -0.2) is 38.4 Å². The number of ether oxygens (including phenoxy) is 3. The highest BCUT2D eigenvalue weighted by molar-refractivity contribution is 5.66. The van der Waals surface area contributed by atoms with Gasteiger partial charge in [-0.05, 0) is 30.5 Å². The second kappa shape index (κ2) is 7.59. The quantitative estimate of drug-likeness (QED) is 0.750. The van der Waals surface area contributed by atoms with Crippen molar-refractivity contribution in [2.45, 2.75) is 25.3 Å². The van der Waals surface area contributed by atoms with E-state index in [9.17, 15) is 4.79 Å². The maximum absolute atomic E-state index is 10.5. The predicted molar refractivity (Wildman–Crippen MR) is 74.6 cm³/mol. The molecule has 0 spiro atoms. The van der Waals surface area contributed by atoms with E-state index >= 15 is 0 Å². The first kappa shape index (κ1) is 16.1. The molecular weight excluding hydrogens is 262 g/mol. The van der Waals surface area contributed by atoms with Gasteiger partial charge in [0.15, 0.2) is 11.5 Å². The molecule has 1 rings (SSSR count). The van der Waals surface area contributed by atoms with Crippen LogP contribution < -0.4 is 19.9 Å². The van der Waals surface area contributed by atoms with Crippen LogP contribution >= 0.6 is 0 Å².